The van der Waals surface area contributed by atoms with Crippen LogP contribution in [-0.2, 0) is 5.33 Å². The van der Waals surface area contributed by atoms with Gasteiger partial charge < -0.3 is 5.73 Å². The first kappa shape index (κ1) is 10.4. The lowest BCUT2D eigenvalue weighted by atomic mass is 10.1. The van der Waals surface area contributed by atoms with Crippen molar-refractivity contribution in [3.05, 3.63) is 22.9 Å². The minimum absolute atomic E-state index is 0.0399. The third-order valence-corrected chi connectivity index (χ3v) is 2.31. The Morgan fingerprint density at radius 2 is 2.23 bits per heavy atom. The maximum atomic E-state index is 12.5. The van der Waals surface area contributed by atoms with Crippen molar-refractivity contribution >= 4 is 21.7 Å². The Bertz CT molecular complexity index is 315. The number of nitrogens with zero attached hydrogens (tertiary/aromatic N) is 1. The molecule has 0 unspecified atom stereocenters. The number of hydrogen-bond acceptors (Lipinski definition) is 2. The average Bonchev–Trinajstić information content (AvgIpc) is 2.02. The van der Waals surface area contributed by atoms with E-state index in [9.17, 15) is 8.78 Å². The molecule has 0 aliphatic rings. The predicted octanol–water partition coefficient (Wildman–Crippen LogP) is 2.80. The molecule has 1 rings (SSSR count). The van der Waals surface area contributed by atoms with Crippen LogP contribution in [0.3, 0.4) is 0 Å². The van der Waals surface area contributed by atoms with Gasteiger partial charge in [0.1, 0.15) is 5.82 Å². The van der Waals surface area contributed by atoms with E-state index >= 15 is 0 Å². The highest BCUT2D eigenvalue weighted by Crippen LogP contribution is 2.27. The summed E-state index contributed by atoms with van der Waals surface area (Å²) in [6, 6.07) is 1.22. The van der Waals surface area contributed by atoms with Crippen LogP contribution in [0.25, 0.3) is 0 Å². The van der Waals surface area contributed by atoms with Crippen LogP contribution in [0, 0.1) is 6.92 Å². The van der Waals surface area contributed by atoms with E-state index in [1.807, 2.05) is 0 Å². The smallest absolute Gasteiger partial charge is 0.264 e. The van der Waals surface area contributed by atoms with Crippen molar-refractivity contribution in [2.45, 2.75) is 18.7 Å². The fourth-order valence-corrected chi connectivity index (χ4v) is 1.85. The zero-order valence-electron chi connectivity index (χ0n) is 7.02. The Kier molecular flexibility index (Phi) is 3.19. The van der Waals surface area contributed by atoms with Gasteiger partial charge in [0.05, 0.1) is 0 Å². The number of alkyl halides is 3. The van der Waals surface area contributed by atoms with Crippen LogP contribution < -0.4 is 5.73 Å². The van der Waals surface area contributed by atoms with Crippen LogP contribution >= 0.6 is 15.9 Å². The monoisotopic (exact) mass is 250 g/mol. The molecule has 1 heterocycles. The number of aryl methyl sites for hydroxylation is 1. The minimum Gasteiger partial charge on any atom is -0.384 e. The van der Waals surface area contributed by atoms with E-state index in [0.29, 0.717) is 16.6 Å². The largest absolute Gasteiger partial charge is 0.384 e. The summed E-state index contributed by atoms with van der Waals surface area (Å²) in [5, 5.41) is 0.367. The number of nitrogens with two attached hydrogens (primary N) is 1. The Morgan fingerprint density at radius 3 is 2.69 bits per heavy atom. The predicted molar refractivity (Wildman–Crippen MR) is 51.0 cm³/mol. The standard InChI is InChI=1S/C8H9BrF2N2/c1-4-6(3-9)5(8(10)11)2-7(12)13-4/h2,8H,3H2,1H3,(H2,12,13). The molecule has 0 spiro atoms. The van der Waals surface area contributed by atoms with Gasteiger partial charge in [-0.1, -0.05) is 15.9 Å². The van der Waals surface area contributed by atoms with Gasteiger partial charge in [0.15, 0.2) is 0 Å². The molecule has 0 fully saturated rings. The molecule has 0 amide bonds. The summed E-state index contributed by atoms with van der Waals surface area (Å²) in [6.45, 7) is 1.67. The number of pyridine rings is 1. The SMILES string of the molecule is Cc1nc(N)cc(C(F)F)c1CBr. The summed E-state index contributed by atoms with van der Waals surface area (Å²) in [5.41, 5.74) is 6.39. The topological polar surface area (TPSA) is 38.9 Å². The molecule has 2 nitrogen and oxygen atoms in total. The molecule has 1 aromatic rings. The molecule has 0 saturated carbocycles. The van der Waals surface area contributed by atoms with Crippen LogP contribution in [0.1, 0.15) is 23.2 Å². The summed E-state index contributed by atoms with van der Waals surface area (Å²) >= 11 is 3.14. The summed E-state index contributed by atoms with van der Waals surface area (Å²) in [7, 11) is 0. The van der Waals surface area contributed by atoms with Crippen molar-refractivity contribution < 1.29 is 8.78 Å². The zero-order valence-corrected chi connectivity index (χ0v) is 8.61. The highest BCUT2D eigenvalue weighted by molar-refractivity contribution is 9.08. The van der Waals surface area contributed by atoms with Crippen LogP contribution in [0.2, 0.25) is 0 Å². The number of anilines is 1. The number of halogens is 3. The highest BCUT2D eigenvalue weighted by atomic mass is 79.9. The normalized spacial score (nSPS) is 10.8. The first-order chi connectivity index (χ1) is 6.06. The number of hydrogen-bond donors (Lipinski definition) is 1. The quantitative estimate of drug-likeness (QED) is 0.821. The lowest BCUT2D eigenvalue weighted by Crippen LogP contribution is -2.02. The molecule has 13 heavy (non-hydrogen) atoms. The summed E-state index contributed by atoms with van der Waals surface area (Å²) in [4.78, 5) is 3.90. The highest BCUT2D eigenvalue weighted by Gasteiger charge is 2.15. The zero-order chi connectivity index (χ0) is 10.0. The van der Waals surface area contributed by atoms with Gasteiger partial charge in [-0.15, -0.1) is 0 Å². The maximum absolute atomic E-state index is 12.5. The molecular formula is C8H9BrF2N2. The van der Waals surface area contributed by atoms with Gasteiger partial charge in [-0.05, 0) is 18.6 Å². The second-order valence-corrected chi connectivity index (χ2v) is 3.20. The van der Waals surface area contributed by atoms with Gasteiger partial charge in [-0.2, -0.15) is 0 Å². The average molecular weight is 251 g/mol. The van der Waals surface area contributed by atoms with Crippen LogP contribution in [0.15, 0.2) is 6.07 Å². The fraction of sp³-hybridized carbons (Fsp3) is 0.375. The maximum Gasteiger partial charge on any atom is 0.264 e. The van der Waals surface area contributed by atoms with Crippen molar-refractivity contribution in [3.63, 3.8) is 0 Å². The third-order valence-electron chi connectivity index (χ3n) is 1.75. The lowest BCUT2D eigenvalue weighted by Gasteiger charge is -2.09. The van der Waals surface area contributed by atoms with Gasteiger partial charge in [-0.25, -0.2) is 13.8 Å². The first-order valence-electron chi connectivity index (χ1n) is 3.66. The van der Waals surface area contributed by atoms with E-state index in [2.05, 4.69) is 20.9 Å². The summed E-state index contributed by atoms with van der Waals surface area (Å²) in [6.07, 6.45) is -2.50. The van der Waals surface area contributed by atoms with E-state index in [4.69, 9.17) is 5.73 Å². The number of aromatic nitrogens is 1. The van der Waals surface area contributed by atoms with E-state index in [-0.39, 0.29) is 11.4 Å². The molecule has 1 aromatic heterocycles. The van der Waals surface area contributed by atoms with Crippen molar-refractivity contribution in [2.75, 3.05) is 5.73 Å². The van der Waals surface area contributed by atoms with Crippen molar-refractivity contribution in [3.8, 4) is 0 Å². The van der Waals surface area contributed by atoms with Gasteiger partial charge in [-0.3, -0.25) is 0 Å². The van der Waals surface area contributed by atoms with Crippen molar-refractivity contribution in [2.24, 2.45) is 0 Å². The molecule has 0 saturated heterocycles. The van der Waals surface area contributed by atoms with Gasteiger partial charge in [0.2, 0.25) is 0 Å². The van der Waals surface area contributed by atoms with Gasteiger partial charge in [0, 0.05) is 16.6 Å². The molecule has 72 valence electrons. The first-order valence-corrected chi connectivity index (χ1v) is 4.78. The Morgan fingerprint density at radius 1 is 1.62 bits per heavy atom. The second kappa shape index (κ2) is 4.00. The van der Waals surface area contributed by atoms with E-state index in [1.165, 1.54) is 6.07 Å². The van der Waals surface area contributed by atoms with E-state index in [1.54, 1.807) is 6.92 Å². The van der Waals surface area contributed by atoms with E-state index < -0.39 is 6.43 Å². The Labute approximate surface area is 83.3 Å². The van der Waals surface area contributed by atoms with Crippen LogP contribution in [0.4, 0.5) is 14.6 Å². The Balaban J connectivity index is 3.29. The molecular weight excluding hydrogens is 242 g/mol. The van der Waals surface area contributed by atoms with Gasteiger partial charge >= 0.3 is 0 Å². The summed E-state index contributed by atoms with van der Waals surface area (Å²) < 4.78 is 24.9. The lowest BCUT2D eigenvalue weighted by molar-refractivity contribution is 0.150. The van der Waals surface area contributed by atoms with Crippen LogP contribution in [-0.4, -0.2) is 4.98 Å². The molecule has 0 aromatic carbocycles. The Hall–Kier alpha value is -0.710. The molecule has 0 aliphatic carbocycles. The van der Waals surface area contributed by atoms with Crippen molar-refractivity contribution in [1.82, 2.24) is 4.98 Å². The molecule has 5 heteroatoms. The number of nitrogen functional groups attached to an aromatic ring is 1. The summed E-state index contributed by atoms with van der Waals surface area (Å²) in [5.74, 6) is 0.137. The molecule has 0 bridgehead atoms. The third kappa shape index (κ3) is 2.15. The van der Waals surface area contributed by atoms with Crippen LogP contribution in [0.5, 0.6) is 0 Å². The number of rotatable bonds is 2. The van der Waals surface area contributed by atoms with E-state index in [0.717, 1.165) is 0 Å². The molecule has 0 atom stereocenters. The van der Waals surface area contributed by atoms with Gasteiger partial charge in [0.25, 0.3) is 6.43 Å². The molecule has 0 aliphatic heterocycles. The fourth-order valence-electron chi connectivity index (χ4n) is 1.12. The van der Waals surface area contributed by atoms with Crippen molar-refractivity contribution in [1.29, 1.82) is 0 Å². The minimum atomic E-state index is -2.50. The molecule has 0 radical (unpaired) electrons. The molecule has 2 N–H and O–H groups in total. The second-order valence-electron chi connectivity index (χ2n) is 2.63.